The van der Waals surface area contributed by atoms with E-state index in [4.69, 9.17) is 0 Å². The molecule has 1 heterocycles. The first-order valence-electron chi connectivity index (χ1n) is 4.12. The maximum Gasteiger partial charge on any atom is 0.152 e. The van der Waals surface area contributed by atoms with Crippen LogP contribution < -0.4 is 0 Å². The Hall–Kier alpha value is -0.700. The first kappa shape index (κ1) is 9.39. The van der Waals surface area contributed by atoms with E-state index in [1.54, 1.807) is 6.08 Å². The zero-order valence-corrected chi connectivity index (χ0v) is 7.46. The molecule has 68 valence electrons. The Balaban J connectivity index is 2.48. The largest absolute Gasteiger partial charge is 0.297 e. The van der Waals surface area contributed by atoms with E-state index in [-0.39, 0.29) is 11.8 Å². The molecule has 0 unspecified atom stereocenters. The molecule has 0 aromatic heterocycles. The fourth-order valence-corrected chi connectivity index (χ4v) is 1.44. The summed E-state index contributed by atoms with van der Waals surface area (Å²) in [6.07, 6.45) is 3.07. The molecule has 0 N–H and O–H groups in total. The van der Waals surface area contributed by atoms with Gasteiger partial charge in [0.15, 0.2) is 5.78 Å². The third-order valence-electron chi connectivity index (χ3n) is 2.10. The van der Waals surface area contributed by atoms with Crippen LogP contribution in [0.3, 0.4) is 0 Å². The van der Waals surface area contributed by atoms with E-state index in [9.17, 15) is 9.18 Å². The number of allylic oxidation sites excluding steroid dienone is 1. The molecule has 0 aromatic carbocycles. The number of halogens is 1. The summed E-state index contributed by atoms with van der Waals surface area (Å²) in [6.45, 7) is 1.98. The number of rotatable bonds is 2. The van der Waals surface area contributed by atoms with Gasteiger partial charge in [-0.15, -0.1) is 0 Å². The van der Waals surface area contributed by atoms with Crippen LogP contribution in [-0.4, -0.2) is 36.5 Å². The summed E-state index contributed by atoms with van der Waals surface area (Å²) in [7, 11) is 1.87. The lowest BCUT2D eigenvalue weighted by atomic mass is 10.2. The SMILES string of the molecule is CC(=O)/C=C/[C@@H]1C[C@H](F)CN1C. The molecule has 1 aliphatic heterocycles. The molecule has 1 fully saturated rings. The molecule has 0 saturated carbocycles. The highest BCUT2D eigenvalue weighted by Crippen LogP contribution is 2.18. The number of carbonyl (C=O) groups excluding carboxylic acids is 1. The van der Waals surface area contributed by atoms with Gasteiger partial charge in [-0.1, -0.05) is 6.08 Å². The first-order valence-corrected chi connectivity index (χ1v) is 4.12. The molecule has 0 aliphatic carbocycles. The quantitative estimate of drug-likeness (QED) is 0.581. The Morgan fingerprint density at radius 1 is 1.67 bits per heavy atom. The van der Waals surface area contributed by atoms with Gasteiger partial charge in [0.2, 0.25) is 0 Å². The molecule has 3 heteroatoms. The van der Waals surface area contributed by atoms with Crippen molar-refractivity contribution < 1.29 is 9.18 Å². The van der Waals surface area contributed by atoms with E-state index in [1.165, 1.54) is 13.0 Å². The van der Waals surface area contributed by atoms with Crippen molar-refractivity contribution >= 4 is 5.78 Å². The average Bonchev–Trinajstić information content (AvgIpc) is 2.26. The highest BCUT2D eigenvalue weighted by molar-refractivity contribution is 5.87. The predicted molar refractivity (Wildman–Crippen MR) is 45.8 cm³/mol. The minimum absolute atomic E-state index is 0.0192. The highest BCUT2D eigenvalue weighted by atomic mass is 19.1. The summed E-state index contributed by atoms with van der Waals surface area (Å²) < 4.78 is 12.8. The van der Waals surface area contributed by atoms with Crippen LogP contribution in [0.25, 0.3) is 0 Å². The van der Waals surface area contributed by atoms with Crippen LogP contribution in [0.5, 0.6) is 0 Å². The van der Waals surface area contributed by atoms with E-state index in [2.05, 4.69) is 0 Å². The molecule has 0 bridgehead atoms. The van der Waals surface area contributed by atoms with Crippen molar-refractivity contribution in [2.75, 3.05) is 13.6 Å². The van der Waals surface area contributed by atoms with Crippen LogP contribution in [0, 0.1) is 0 Å². The lowest BCUT2D eigenvalue weighted by Gasteiger charge is -2.13. The minimum Gasteiger partial charge on any atom is -0.297 e. The van der Waals surface area contributed by atoms with Crippen LogP contribution in [0.2, 0.25) is 0 Å². The molecule has 1 rings (SSSR count). The van der Waals surface area contributed by atoms with Crippen molar-refractivity contribution in [3.8, 4) is 0 Å². The van der Waals surface area contributed by atoms with Crippen LogP contribution in [-0.2, 0) is 4.79 Å². The smallest absolute Gasteiger partial charge is 0.152 e. The molecule has 1 saturated heterocycles. The average molecular weight is 171 g/mol. The first-order chi connectivity index (χ1) is 5.59. The summed E-state index contributed by atoms with van der Waals surface area (Å²) in [5, 5.41) is 0. The van der Waals surface area contributed by atoms with Gasteiger partial charge in [0.25, 0.3) is 0 Å². The summed E-state index contributed by atoms with van der Waals surface area (Å²) in [5.74, 6) is 0.0192. The number of hydrogen-bond acceptors (Lipinski definition) is 2. The van der Waals surface area contributed by atoms with Crippen LogP contribution in [0.1, 0.15) is 13.3 Å². The number of likely N-dealkylation sites (N-methyl/N-ethyl adjacent to an activating group) is 1. The lowest BCUT2D eigenvalue weighted by Crippen LogP contribution is -2.23. The van der Waals surface area contributed by atoms with E-state index >= 15 is 0 Å². The van der Waals surface area contributed by atoms with Crippen molar-refractivity contribution in [3.63, 3.8) is 0 Å². The maximum absolute atomic E-state index is 12.8. The van der Waals surface area contributed by atoms with Crippen molar-refractivity contribution in [1.82, 2.24) is 4.90 Å². The number of alkyl halides is 1. The summed E-state index contributed by atoms with van der Waals surface area (Å²) in [5.41, 5.74) is 0. The van der Waals surface area contributed by atoms with Crippen LogP contribution in [0.4, 0.5) is 4.39 Å². The van der Waals surface area contributed by atoms with Crippen molar-refractivity contribution in [2.45, 2.75) is 25.6 Å². The van der Waals surface area contributed by atoms with Crippen molar-refractivity contribution in [2.24, 2.45) is 0 Å². The normalized spacial score (nSPS) is 31.6. The number of carbonyl (C=O) groups is 1. The molecule has 12 heavy (non-hydrogen) atoms. The Morgan fingerprint density at radius 3 is 2.75 bits per heavy atom. The number of nitrogens with zero attached hydrogens (tertiary/aromatic N) is 1. The molecule has 0 spiro atoms. The van der Waals surface area contributed by atoms with Gasteiger partial charge in [0.1, 0.15) is 6.17 Å². The van der Waals surface area contributed by atoms with Crippen LogP contribution in [0.15, 0.2) is 12.2 Å². The molecule has 2 nitrogen and oxygen atoms in total. The zero-order valence-electron chi connectivity index (χ0n) is 7.46. The van der Waals surface area contributed by atoms with Gasteiger partial charge in [0.05, 0.1) is 0 Å². The van der Waals surface area contributed by atoms with Gasteiger partial charge in [-0.05, 0) is 26.5 Å². The molecular weight excluding hydrogens is 157 g/mol. The van der Waals surface area contributed by atoms with E-state index in [1.807, 2.05) is 11.9 Å². The molecule has 1 aliphatic rings. The lowest BCUT2D eigenvalue weighted by molar-refractivity contribution is -0.112. The van der Waals surface area contributed by atoms with Gasteiger partial charge in [-0.3, -0.25) is 9.69 Å². The second-order valence-corrected chi connectivity index (χ2v) is 3.31. The maximum atomic E-state index is 12.8. The second-order valence-electron chi connectivity index (χ2n) is 3.31. The van der Waals surface area contributed by atoms with Gasteiger partial charge in [0, 0.05) is 12.6 Å². The molecule has 0 amide bonds. The van der Waals surface area contributed by atoms with E-state index < -0.39 is 6.17 Å². The standard InChI is InChI=1S/C9H14FNO/c1-7(12)3-4-9-5-8(10)6-11(9)2/h3-4,8-9H,5-6H2,1-2H3/b4-3+/t8-,9+/m0/s1. The van der Waals surface area contributed by atoms with Gasteiger partial charge < -0.3 is 0 Å². The van der Waals surface area contributed by atoms with Crippen LogP contribution >= 0.6 is 0 Å². The Bertz CT molecular complexity index is 203. The minimum atomic E-state index is -0.739. The fourth-order valence-electron chi connectivity index (χ4n) is 1.44. The summed E-state index contributed by atoms with van der Waals surface area (Å²) >= 11 is 0. The van der Waals surface area contributed by atoms with E-state index in [0.29, 0.717) is 13.0 Å². The third-order valence-corrected chi connectivity index (χ3v) is 2.10. The highest BCUT2D eigenvalue weighted by Gasteiger charge is 2.26. The number of ketones is 1. The molecule has 0 aromatic rings. The van der Waals surface area contributed by atoms with Crippen molar-refractivity contribution in [1.29, 1.82) is 0 Å². The predicted octanol–water partition coefficient (Wildman–Crippen LogP) is 1.17. The van der Waals surface area contributed by atoms with E-state index in [0.717, 1.165) is 0 Å². The molecule has 2 atom stereocenters. The monoisotopic (exact) mass is 171 g/mol. The number of hydrogen-bond donors (Lipinski definition) is 0. The summed E-state index contributed by atoms with van der Waals surface area (Å²) in [4.78, 5) is 12.5. The second kappa shape index (κ2) is 3.81. The van der Waals surface area contributed by atoms with Gasteiger partial charge in [-0.2, -0.15) is 0 Å². The van der Waals surface area contributed by atoms with Gasteiger partial charge >= 0.3 is 0 Å². The third kappa shape index (κ3) is 2.41. The topological polar surface area (TPSA) is 20.3 Å². The summed E-state index contributed by atoms with van der Waals surface area (Å²) in [6, 6.07) is 0.101. The fraction of sp³-hybridized carbons (Fsp3) is 0.667. The molecule has 0 radical (unpaired) electrons. The van der Waals surface area contributed by atoms with Gasteiger partial charge in [-0.25, -0.2) is 4.39 Å². The Kier molecular flexibility index (Phi) is 2.98. The Morgan fingerprint density at radius 2 is 2.33 bits per heavy atom. The Labute approximate surface area is 72.1 Å². The zero-order chi connectivity index (χ0) is 9.14. The number of likely N-dealkylation sites (tertiary alicyclic amines) is 1. The molecular formula is C9H14FNO. The van der Waals surface area contributed by atoms with Crippen molar-refractivity contribution in [3.05, 3.63) is 12.2 Å².